The molecule has 1 fully saturated rings. The van der Waals surface area contributed by atoms with E-state index in [9.17, 15) is 0 Å². The van der Waals surface area contributed by atoms with Crippen LogP contribution in [0.4, 0.5) is 0 Å². The lowest BCUT2D eigenvalue weighted by molar-refractivity contribution is 0.291. The number of piperidine rings is 1. The summed E-state index contributed by atoms with van der Waals surface area (Å²) >= 11 is 3.65. The standard InChI is InChI=1S/C13H22BrN3/c1-4-10-5-6-15-11(7-10)8-12-13(14)9(2)16-17(12)3/h10-11,15H,4-8H2,1-3H3. The Hall–Kier alpha value is -0.350. The smallest absolute Gasteiger partial charge is 0.0738 e. The number of rotatable bonds is 3. The number of hydrogen-bond acceptors (Lipinski definition) is 2. The van der Waals surface area contributed by atoms with Crippen LogP contribution in [0.25, 0.3) is 0 Å². The molecular weight excluding hydrogens is 278 g/mol. The Labute approximate surface area is 112 Å². The number of hydrogen-bond donors (Lipinski definition) is 1. The maximum absolute atomic E-state index is 4.46. The number of aryl methyl sites for hydroxylation is 2. The van der Waals surface area contributed by atoms with E-state index < -0.39 is 0 Å². The van der Waals surface area contributed by atoms with Gasteiger partial charge in [0, 0.05) is 19.5 Å². The van der Waals surface area contributed by atoms with Crippen molar-refractivity contribution in [2.45, 2.75) is 45.6 Å². The number of aromatic nitrogens is 2. The molecule has 0 aromatic carbocycles. The van der Waals surface area contributed by atoms with Crippen LogP contribution >= 0.6 is 15.9 Å². The van der Waals surface area contributed by atoms with Crippen LogP contribution in [0.15, 0.2) is 4.47 Å². The Morgan fingerprint density at radius 3 is 2.88 bits per heavy atom. The van der Waals surface area contributed by atoms with E-state index in [1.807, 2.05) is 11.7 Å². The molecule has 96 valence electrons. The molecule has 2 rings (SSSR count). The van der Waals surface area contributed by atoms with Crippen LogP contribution < -0.4 is 5.32 Å². The van der Waals surface area contributed by atoms with Crippen molar-refractivity contribution < 1.29 is 0 Å². The summed E-state index contributed by atoms with van der Waals surface area (Å²) in [5, 5.41) is 8.09. The molecule has 0 amide bonds. The van der Waals surface area contributed by atoms with Crippen LogP contribution in [0.1, 0.15) is 37.6 Å². The molecule has 2 unspecified atom stereocenters. The number of nitrogens with zero attached hydrogens (tertiary/aromatic N) is 2. The second kappa shape index (κ2) is 5.53. The van der Waals surface area contributed by atoms with Crippen LogP contribution in [0.5, 0.6) is 0 Å². The molecule has 17 heavy (non-hydrogen) atoms. The van der Waals surface area contributed by atoms with Gasteiger partial charge in [0.05, 0.1) is 15.9 Å². The van der Waals surface area contributed by atoms with E-state index in [1.54, 1.807) is 0 Å². The summed E-state index contributed by atoms with van der Waals surface area (Å²) in [6, 6.07) is 0.611. The highest BCUT2D eigenvalue weighted by atomic mass is 79.9. The van der Waals surface area contributed by atoms with E-state index in [0.29, 0.717) is 6.04 Å². The van der Waals surface area contributed by atoms with Gasteiger partial charge in [0.15, 0.2) is 0 Å². The maximum atomic E-state index is 4.46. The SMILES string of the molecule is CCC1CCNC(Cc2c(Br)c(C)nn2C)C1. The molecule has 1 aliphatic rings. The Morgan fingerprint density at radius 2 is 2.29 bits per heavy atom. The van der Waals surface area contributed by atoms with E-state index in [2.05, 4.69) is 40.2 Å². The van der Waals surface area contributed by atoms with E-state index in [0.717, 1.165) is 24.6 Å². The zero-order valence-corrected chi connectivity index (χ0v) is 12.5. The first-order valence-electron chi connectivity index (χ1n) is 6.53. The minimum atomic E-state index is 0.611. The lowest BCUT2D eigenvalue weighted by Gasteiger charge is -2.29. The predicted molar refractivity (Wildman–Crippen MR) is 74.2 cm³/mol. The van der Waals surface area contributed by atoms with E-state index in [1.165, 1.54) is 29.4 Å². The third-order valence-corrected chi connectivity index (χ3v) is 4.91. The second-order valence-electron chi connectivity index (χ2n) is 5.12. The average Bonchev–Trinajstić information content (AvgIpc) is 2.56. The first-order chi connectivity index (χ1) is 8.11. The lowest BCUT2D eigenvalue weighted by Crippen LogP contribution is -2.39. The van der Waals surface area contributed by atoms with E-state index in [-0.39, 0.29) is 0 Å². The van der Waals surface area contributed by atoms with Gasteiger partial charge < -0.3 is 5.32 Å². The zero-order valence-electron chi connectivity index (χ0n) is 11.0. The molecule has 1 aromatic rings. The van der Waals surface area contributed by atoms with Crippen molar-refractivity contribution in [1.82, 2.24) is 15.1 Å². The van der Waals surface area contributed by atoms with Gasteiger partial charge in [-0.15, -0.1) is 0 Å². The fourth-order valence-corrected chi connectivity index (χ4v) is 3.25. The second-order valence-corrected chi connectivity index (χ2v) is 5.92. The molecule has 0 saturated carbocycles. The van der Waals surface area contributed by atoms with E-state index in [4.69, 9.17) is 0 Å². The molecule has 1 saturated heterocycles. The van der Waals surface area contributed by atoms with Crippen molar-refractivity contribution in [3.63, 3.8) is 0 Å². The summed E-state index contributed by atoms with van der Waals surface area (Å²) in [5.41, 5.74) is 2.40. The number of nitrogens with one attached hydrogen (secondary N) is 1. The van der Waals surface area contributed by atoms with Gasteiger partial charge in [-0.05, 0) is 48.2 Å². The zero-order chi connectivity index (χ0) is 12.4. The third kappa shape index (κ3) is 2.91. The fraction of sp³-hybridized carbons (Fsp3) is 0.769. The van der Waals surface area contributed by atoms with Gasteiger partial charge in [0.1, 0.15) is 0 Å². The highest BCUT2D eigenvalue weighted by molar-refractivity contribution is 9.10. The molecule has 2 heterocycles. The fourth-order valence-electron chi connectivity index (χ4n) is 2.76. The van der Waals surface area contributed by atoms with Crippen LogP contribution in [-0.4, -0.2) is 22.4 Å². The first kappa shape index (κ1) is 13.1. The molecule has 2 atom stereocenters. The molecule has 0 aliphatic carbocycles. The molecule has 0 spiro atoms. The van der Waals surface area contributed by atoms with Gasteiger partial charge in [-0.25, -0.2) is 0 Å². The van der Waals surface area contributed by atoms with Crippen LogP contribution in [0.3, 0.4) is 0 Å². The minimum Gasteiger partial charge on any atom is -0.314 e. The summed E-state index contributed by atoms with van der Waals surface area (Å²) in [4.78, 5) is 0. The van der Waals surface area contributed by atoms with Crippen molar-refractivity contribution in [3.8, 4) is 0 Å². The predicted octanol–water partition coefficient (Wildman–Crippen LogP) is 2.81. The molecule has 0 radical (unpaired) electrons. The largest absolute Gasteiger partial charge is 0.314 e. The summed E-state index contributed by atoms with van der Waals surface area (Å²) in [6.45, 7) is 5.52. The summed E-state index contributed by atoms with van der Waals surface area (Å²) < 4.78 is 3.19. The van der Waals surface area contributed by atoms with Crippen molar-refractivity contribution in [2.24, 2.45) is 13.0 Å². The monoisotopic (exact) mass is 299 g/mol. The van der Waals surface area contributed by atoms with Gasteiger partial charge in [0.25, 0.3) is 0 Å². The normalized spacial score (nSPS) is 25.2. The summed E-state index contributed by atoms with van der Waals surface area (Å²) in [5.74, 6) is 0.898. The van der Waals surface area contributed by atoms with Crippen molar-refractivity contribution in [2.75, 3.05) is 6.54 Å². The van der Waals surface area contributed by atoms with Gasteiger partial charge in [0.2, 0.25) is 0 Å². The Bertz CT molecular complexity index is 386. The molecule has 1 aromatic heterocycles. The van der Waals surface area contributed by atoms with Crippen LogP contribution in [0, 0.1) is 12.8 Å². The van der Waals surface area contributed by atoms with Gasteiger partial charge in [-0.2, -0.15) is 5.10 Å². The van der Waals surface area contributed by atoms with Gasteiger partial charge in [-0.3, -0.25) is 4.68 Å². The Balaban J connectivity index is 2.05. The maximum Gasteiger partial charge on any atom is 0.0738 e. The highest BCUT2D eigenvalue weighted by Gasteiger charge is 2.22. The van der Waals surface area contributed by atoms with Gasteiger partial charge in [-0.1, -0.05) is 13.3 Å². The van der Waals surface area contributed by atoms with E-state index >= 15 is 0 Å². The Morgan fingerprint density at radius 1 is 1.53 bits per heavy atom. The third-order valence-electron chi connectivity index (χ3n) is 3.88. The van der Waals surface area contributed by atoms with Gasteiger partial charge >= 0.3 is 0 Å². The Kier molecular flexibility index (Phi) is 4.26. The topological polar surface area (TPSA) is 29.9 Å². The first-order valence-corrected chi connectivity index (χ1v) is 7.32. The average molecular weight is 300 g/mol. The molecule has 1 aliphatic heterocycles. The van der Waals surface area contributed by atoms with Crippen molar-refractivity contribution >= 4 is 15.9 Å². The molecule has 0 bridgehead atoms. The molecule has 4 heteroatoms. The van der Waals surface area contributed by atoms with Crippen molar-refractivity contribution in [1.29, 1.82) is 0 Å². The lowest BCUT2D eigenvalue weighted by atomic mass is 9.88. The summed E-state index contributed by atoms with van der Waals surface area (Å²) in [6.07, 6.45) is 5.02. The van der Waals surface area contributed by atoms with Crippen molar-refractivity contribution in [3.05, 3.63) is 15.9 Å². The molecule has 3 nitrogen and oxygen atoms in total. The number of halogens is 1. The highest BCUT2D eigenvalue weighted by Crippen LogP contribution is 2.25. The summed E-state index contributed by atoms with van der Waals surface area (Å²) in [7, 11) is 2.03. The quantitative estimate of drug-likeness (QED) is 0.930. The molecule has 1 N–H and O–H groups in total. The van der Waals surface area contributed by atoms with Crippen LogP contribution in [0.2, 0.25) is 0 Å². The minimum absolute atomic E-state index is 0.611. The molecular formula is C13H22BrN3. The van der Waals surface area contributed by atoms with Crippen LogP contribution in [-0.2, 0) is 13.5 Å².